The van der Waals surface area contributed by atoms with Crippen molar-refractivity contribution in [1.82, 2.24) is 10.3 Å². The number of hydrogen-bond acceptors (Lipinski definition) is 3. The molecular weight excluding hydrogens is 258 g/mol. The van der Waals surface area contributed by atoms with Gasteiger partial charge in [-0.3, -0.25) is 0 Å². The minimum atomic E-state index is 0.466. The first-order valence-electron chi connectivity index (χ1n) is 7.83. The molecule has 3 heteroatoms. The topological polar surface area (TPSA) is 28.2 Å². The Hall–Kier alpha value is -1.87. The Morgan fingerprint density at radius 3 is 2.90 bits per heavy atom. The molecule has 1 aromatic heterocycles. The fourth-order valence-electron chi connectivity index (χ4n) is 3.01. The smallest absolute Gasteiger partial charge is 0.133 e. The molecule has 0 saturated heterocycles. The lowest BCUT2D eigenvalue weighted by molar-refractivity contribution is 0.662. The highest BCUT2D eigenvalue weighted by atomic mass is 15.2. The van der Waals surface area contributed by atoms with Crippen molar-refractivity contribution in [2.75, 3.05) is 11.4 Å². The lowest BCUT2D eigenvalue weighted by Gasteiger charge is -2.24. The summed E-state index contributed by atoms with van der Waals surface area (Å²) in [5.74, 6) is 1.06. The standard InChI is InChI=1S/C18H23N3/c1-3-11-19-13-16-8-6-10-18(20-16)21-14(2)12-15-7-4-5-9-17(15)21/h4-10,14,19H,3,11-13H2,1-2H3. The zero-order valence-corrected chi connectivity index (χ0v) is 12.8. The highest BCUT2D eigenvalue weighted by molar-refractivity contribution is 5.68. The zero-order chi connectivity index (χ0) is 14.7. The van der Waals surface area contributed by atoms with Gasteiger partial charge in [0, 0.05) is 18.3 Å². The van der Waals surface area contributed by atoms with Gasteiger partial charge in [0.05, 0.1) is 5.69 Å². The van der Waals surface area contributed by atoms with Crippen LogP contribution in [0.1, 0.15) is 31.5 Å². The van der Waals surface area contributed by atoms with Gasteiger partial charge in [0.25, 0.3) is 0 Å². The van der Waals surface area contributed by atoms with E-state index in [1.54, 1.807) is 0 Å². The van der Waals surface area contributed by atoms with E-state index in [2.05, 4.69) is 66.5 Å². The average molecular weight is 281 g/mol. The number of anilines is 2. The summed E-state index contributed by atoms with van der Waals surface area (Å²) in [7, 11) is 0. The Bertz CT molecular complexity index is 609. The molecule has 0 saturated carbocycles. The minimum Gasteiger partial charge on any atom is -0.323 e. The van der Waals surface area contributed by atoms with Gasteiger partial charge in [-0.05, 0) is 50.1 Å². The van der Waals surface area contributed by atoms with Gasteiger partial charge >= 0.3 is 0 Å². The van der Waals surface area contributed by atoms with E-state index < -0.39 is 0 Å². The van der Waals surface area contributed by atoms with E-state index in [9.17, 15) is 0 Å². The maximum Gasteiger partial charge on any atom is 0.133 e. The first kappa shape index (κ1) is 14.1. The molecule has 0 amide bonds. The number of aromatic nitrogens is 1. The molecule has 110 valence electrons. The van der Waals surface area contributed by atoms with Crippen LogP contribution in [0.15, 0.2) is 42.5 Å². The molecule has 1 N–H and O–H groups in total. The first-order valence-corrected chi connectivity index (χ1v) is 7.83. The Labute approximate surface area is 127 Å². The molecule has 0 radical (unpaired) electrons. The summed E-state index contributed by atoms with van der Waals surface area (Å²) in [5, 5.41) is 3.42. The third-order valence-corrected chi connectivity index (χ3v) is 3.98. The summed E-state index contributed by atoms with van der Waals surface area (Å²) in [6, 6.07) is 15.4. The van der Waals surface area contributed by atoms with Crippen molar-refractivity contribution in [3.05, 3.63) is 53.7 Å². The molecular formula is C18H23N3. The van der Waals surface area contributed by atoms with E-state index in [0.29, 0.717) is 6.04 Å². The Balaban J connectivity index is 1.85. The maximum atomic E-state index is 4.84. The third kappa shape index (κ3) is 2.93. The zero-order valence-electron chi connectivity index (χ0n) is 12.8. The lowest BCUT2D eigenvalue weighted by Crippen LogP contribution is -2.25. The van der Waals surface area contributed by atoms with E-state index in [1.807, 2.05) is 0 Å². The van der Waals surface area contributed by atoms with Gasteiger partial charge in [-0.25, -0.2) is 4.98 Å². The van der Waals surface area contributed by atoms with Gasteiger partial charge in [0.1, 0.15) is 5.82 Å². The second-order valence-electron chi connectivity index (χ2n) is 5.72. The molecule has 0 bridgehead atoms. The van der Waals surface area contributed by atoms with Crippen LogP contribution in [0.2, 0.25) is 0 Å². The fraction of sp³-hybridized carbons (Fsp3) is 0.389. The Morgan fingerprint density at radius 2 is 2.05 bits per heavy atom. The minimum absolute atomic E-state index is 0.466. The van der Waals surface area contributed by atoms with Crippen molar-refractivity contribution < 1.29 is 0 Å². The number of pyridine rings is 1. The molecule has 0 aliphatic carbocycles. The van der Waals surface area contributed by atoms with Crippen LogP contribution < -0.4 is 10.2 Å². The molecule has 21 heavy (non-hydrogen) atoms. The monoisotopic (exact) mass is 281 g/mol. The average Bonchev–Trinajstić information content (AvgIpc) is 2.83. The number of nitrogens with one attached hydrogen (secondary N) is 1. The molecule has 3 rings (SSSR count). The van der Waals surface area contributed by atoms with Crippen LogP contribution in [0.4, 0.5) is 11.5 Å². The van der Waals surface area contributed by atoms with E-state index in [0.717, 1.165) is 37.4 Å². The van der Waals surface area contributed by atoms with Crippen LogP contribution >= 0.6 is 0 Å². The fourth-order valence-corrected chi connectivity index (χ4v) is 3.01. The second kappa shape index (κ2) is 6.27. The van der Waals surface area contributed by atoms with Crippen molar-refractivity contribution in [3.63, 3.8) is 0 Å². The highest BCUT2D eigenvalue weighted by Crippen LogP contribution is 2.36. The highest BCUT2D eigenvalue weighted by Gasteiger charge is 2.27. The number of hydrogen-bond donors (Lipinski definition) is 1. The van der Waals surface area contributed by atoms with Crippen LogP contribution in [0.25, 0.3) is 0 Å². The molecule has 2 heterocycles. The SMILES string of the molecule is CCCNCc1cccc(N2c3ccccc3CC2C)n1. The lowest BCUT2D eigenvalue weighted by atomic mass is 10.1. The van der Waals surface area contributed by atoms with E-state index >= 15 is 0 Å². The quantitative estimate of drug-likeness (QED) is 0.848. The predicted octanol–water partition coefficient (Wildman–Crippen LogP) is 3.66. The third-order valence-electron chi connectivity index (χ3n) is 3.98. The van der Waals surface area contributed by atoms with Crippen molar-refractivity contribution >= 4 is 11.5 Å². The van der Waals surface area contributed by atoms with E-state index in [1.165, 1.54) is 11.3 Å². The first-order chi connectivity index (χ1) is 10.3. The summed E-state index contributed by atoms with van der Waals surface area (Å²) in [6.07, 6.45) is 2.24. The number of fused-ring (bicyclic) bond motifs is 1. The molecule has 1 aliphatic heterocycles. The Kier molecular flexibility index (Phi) is 4.20. The molecule has 0 fully saturated rings. The summed E-state index contributed by atoms with van der Waals surface area (Å²) in [4.78, 5) is 7.20. The van der Waals surface area contributed by atoms with Crippen LogP contribution in [-0.4, -0.2) is 17.6 Å². The second-order valence-corrected chi connectivity index (χ2v) is 5.72. The number of nitrogens with zero attached hydrogens (tertiary/aromatic N) is 2. The molecule has 0 spiro atoms. The summed E-state index contributed by atoms with van der Waals surface area (Å²) < 4.78 is 0. The van der Waals surface area contributed by atoms with Crippen molar-refractivity contribution in [2.24, 2.45) is 0 Å². The Morgan fingerprint density at radius 1 is 1.19 bits per heavy atom. The molecule has 1 atom stereocenters. The van der Waals surface area contributed by atoms with Gasteiger partial charge in [-0.15, -0.1) is 0 Å². The van der Waals surface area contributed by atoms with E-state index in [-0.39, 0.29) is 0 Å². The summed E-state index contributed by atoms with van der Waals surface area (Å²) in [6.45, 7) is 6.32. The molecule has 1 unspecified atom stereocenters. The van der Waals surface area contributed by atoms with Crippen molar-refractivity contribution in [2.45, 2.75) is 39.3 Å². The molecule has 2 aromatic rings. The maximum absolute atomic E-state index is 4.84. The van der Waals surface area contributed by atoms with Gasteiger partial charge in [-0.1, -0.05) is 31.2 Å². The van der Waals surface area contributed by atoms with E-state index in [4.69, 9.17) is 4.98 Å². The number of rotatable bonds is 5. The van der Waals surface area contributed by atoms with Crippen LogP contribution in [-0.2, 0) is 13.0 Å². The van der Waals surface area contributed by atoms with Crippen LogP contribution in [0.5, 0.6) is 0 Å². The summed E-state index contributed by atoms with van der Waals surface area (Å²) >= 11 is 0. The molecule has 1 aromatic carbocycles. The summed E-state index contributed by atoms with van der Waals surface area (Å²) in [5.41, 5.74) is 3.83. The van der Waals surface area contributed by atoms with Gasteiger partial charge in [0.2, 0.25) is 0 Å². The van der Waals surface area contributed by atoms with Crippen LogP contribution in [0, 0.1) is 0 Å². The number of benzene rings is 1. The predicted molar refractivity (Wildman–Crippen MR) is 88.0 cm³/mol. The van der Waals surface area contributed by atoms with Crippen molar-refractivity contribution in [3.8, 4) is 0 Å². The van der Waals surface area contributed by atoms with Gasteiger partial charge in [-0.2, -0.15) is 0 Å². The van der Waals surface area contributed by atoms with Crippen molar-refractivity contribution in [1.29, 1.82) is 0 Å². The number of para-hydroxylation sites is 1. The molecule has 1 aliphatic rings. The largest absolute Gasteiger partial charge is 0.323 e. The normalized spacial score (nSPS) is 17.0. The van der Waals surface area contributed by atoms with Gasteiger partial charge in [0.15, 0.2) is 0 Å². The molecule has 3 nitrogen and oxygen atoms in total. The van der Waals surface area contributed by atoms with Gasteiger partial charge < -0.3 is 10.2 Å². The van der Waals surface area contributed by atoms with Crippen LogP contribution in [0.3, 0.4) is 0 Å².